The van der Waals surface area contributed by atoms with Gasteiger partial charge in [0, 0.05) is 6.54 Å². The zero-order valence-corrected chi connectivity index (χ0v) is 10.00. The Labute approximate surface area is 108 Å². The third-order valence-corrected chi connectivity index (χ3v) is 2.43. The molecule has 2 rings (SSSR count). The molecule has 0 radical (unpaired) electrons. The third-order valence-electron chi connectivity index (χ3n) is 2.43. The van der Waals surface area contributed by atoms with Crippen LogP contribution in [0.4, 0.5) is 18.9 Å². The molecule has 0 aliphatic carbocycles. The van der Waals surface area contributed by atoms with Gasteiger partial charge in [-0.1, -0.05) is 0 Å². The van der Waals surface area contributed by atoms with Crippen molar-refractivity contribution in [3.63, 3.8) is 0 Å². The Hall–Kier alpha value is -2.17. The van der Waals surface area contributed by atoms with Crippen LogP contribution in [-0.4, -0.2) is 13.2 Å². The van der Waals surface area contributed by atoms with Crippen molar-refractivity contribution < 1.29 is 17.9 Å². The van der Waals surface area contributed by atoms with Crippen LogP contribution < -0.4 is 10.1 Å². The summed E-state index contributed by atoms with van der Waals surface area (Å²) < 4.78 is 44.1. The van der Waals surface area contributed by atoms with E-state index in [0.717, 1.165) is 18.2 Å². The van der Waals surface area contributed by atoms with Gasteiger partial charge < -0.3 is 10.1 Å². The average Bonchev–Trinajstić information content (AvgIpc) is 2.40. The third kappa shape index (κ3) is 3.91. The van der Waals surface area contributed by atoms with Crippen molar-refractivity contribution in [2.75, 3.05) is 18.5 Å². The molecule has 0 amide bonds. The molecular formula is C14H12F3NO. The molecule has 0 unspecified atom stereocenters. The summed E-state index contributed by atoms with van der Waals surface area (Å²) in [6.07, 6.45) is 0. The van der Waals surface area contributed by atoms with Crippen LogP contribution in [0, 0.1) is 17.5 Å². The molecule has 0 aromatic heterocycles. The summed E-state index contributed by atoms with van der Waals surface area (Å²) in [5.41, 5.74) is 0.0858. The second kappa shape index (κ2) is 6.13. The van der Waals surface area contributed by atoms with Crippen LogP contribution in [0.15, 0.2) is 42.5 Å². The monoisotopic (exact) mass is 267 g/mol. The molecule has 0 atom stereocenters. The highest BCUT2D eigenvalue weighted by molar-refractivity contribution is 5.44. The van der Waals surface area contributed by atoms with Gasteiger partial charge in [0.1, 0.15) is 29.8 Å². The Morgan fingerprint density at radius 2 is 1.58 bits per heavy atom. The maximum absolute atomic E-state index is 13.3. The summed E-state index contributed by atoms with van der Waals surface area (Å²) in [6.45, 7) is 0.555. The summed E-state index contributed by atoms with van der Waals surface area (Å²) in [4.78, 5) is 0. The first-order valence-electron chi connectivity index (χ1n) is 5.72. The van der Waals surface area contributed by atoms with E-state index in [9.17, 15) is 13.2 Å². The predicted molar refractivity (Wildman–Crippen MR) is 66.7 cm³/mol. The number of benzene rings is 2. The van der Waals surface area contributed by atoms with E-state index in [4.69, 9.17) is 4.74 Å². The minimum atomic E-state index is -0.525. The van der Waals surface area contributed by atoms with E-state index in [-0.39, 0.29) is 18.1 Å². The maximum atomic E-state index is 13.3. The van der Waals surface area contributed by atoms with Crippen molar-refractivity contribution in [3.05, 3.63) is 59.9 Å². The van der Waals surface area contributed by atoms with Gasteiger partial charge in [-0.05, 0) is 42.5 Å². The highest BCUT2D eigenvalue weighted by Crippen LogP contribution is 2.15. The average molecular weight is 267 g/mol. The fourth-order valence-corrected chi connectivity index (χ4v) is 1.52. The normalized spacial score (nSPS) is 10.3. The Morgan fingerprint density at radius 3 is 2.32 bits per heavy atom. The predicted octanol–water partition coefficient (Wildman–Crippen LogP) is 3.59. The van der Waals surface area contributed by atoms with E-state index < -0.39 is 11.6 Å². The van der Waals surface area contributed by atoms with E-state index >= 15 is 0 Å². The van der Waals surface area contributed by atoms with Gasteiger partial charge in [0.15, 0.2) is 0 Å². The van der Waals surface area contributed by atoms with E-state index in [1.54, 1.807) is 0 Å². The fraction of sp³-hybridized carbons (Fsp3) is 0.143. The first-order chi connectivity index (χ1) is 9.15. The van der Waals surface area contributed by atoms with E-state index in [2.05, 4.69) is 5.32 Å². The maximum Gasteiger partial charge on any atom is 0.146 e. The van der Waals surface area contributed by atoms with Crippen molar-refractivity contribution in [1.29, 1.82) is 0 Å². The molecular weight excluding hydrogens is 255 g/mol. The number of hydrogen-bond donors (Lipinski definition) is 1. The first-order valence-corrected chi connectivity index (χ1v) is 5.72. The molecule has 19 heavy (non-hydrogen) atoms. The van der Waals surface area contributed by atoms with Crippen LogP contribution in [0.3, 0.4) is 0 Å². The van der Waals surface area contributed by atoms with Gasteiger partial charge in [-0.25, -0.2) is 13.2 Å². The molecule has 2 nitrogen and oxygen atoms in total. The summed E-state index contributed by atoms with van der Waals surface area (Å²) in [5.74, 6) is -0.859. The standard InChI is InChI=1S/C14H12F3NO/c15-10-1-4-12(5-2-10)19-8-7-18-14-9-11(16)3-6-13(14)17/h1-6,9,18H,7-8H2. The van der Waals surface area contributed by atoms with Gasteiger partial charge in [0.25, 0.3) is 0 Å². The molecule has 0 heterocycles. The second-order valence-electron chi connectivity index (χ2n) is 3.85. The van der Waals surface area contributed by atoms with Gasteiger partial charge in [0.05, 0.1) is 5.69 Å². The minimum Gasteiger partial charge on any atom is -0.492 e. The lowest BCUT2D eigenvalue weighted by molar-refractivity contribution is 0.332. The summed E-state index contributed by atoms with van der Waals surface area (Å²) in [7, 11) is 0. The Bertz CT molecular complexity index is 543. The summed E-state index contributed by atoms with van der Waals surface area (Å²) >= 11 is 0. The van der Waals surface area contributed by atoms with Crippen LogP contribution in [-0.2, 0) is 0 Å². The molecule has 100 valence electrons. The lowest BCUT2D eigenvalue weighted by Crippen LogP contribution is -2.12. The quantitative estimate of drug-likeness (QED) is 0.836. The minimum absolute atomic E-state index is 0.0858. The number of nitrogens with one attached hydrogen (secondary N) is 1. The van der Waals surface area contributed by atoms with E-state index in [0.29, 0.717) is 12.3 Å². The van der Waals surface area contributed by atoms with Crippen LogP contribution >= 0.6 is 0 Å². The fourth-order valence-electron chi connectivity index (χ4n) is 1.52. The highest BCUT2D eigenvalue weighted by atomic mass is 19.1. The van der Waals surface area contributed by atoms with Gasteiger partial charge in [-0.3, -0.25) is 0 Å². The van der Waals surface area contributed by atoms with Crippen LogP contribution in [0.2, 0.25) is 0 Å². The van der Waals surface area contributed by atoms with Gasteiger partial charge in [-0.2, -0.15) is 0 Å². The topological polar surface area (TPSA) is 21.3 Å². The zero-order chi connectivity index (χ0) is 13.7. The highest BCUT2D eigenvalue weighted by Gasteiger charge is 2.02. The summed E-state index contributed by atoms with van der Waals surface area (Å²) in [6, 6.07) is 8.75. The molecule has 0 aliphatic heterocycles. The molecule has 2 aromatic rings. The Kier molecular flexibility index (Phi) is 4.28. The van der Waals surface area contributed by atoms with Gasteiger partial charge in [-0.15, -0.1) is 0 Å². The van der Waals surface area contributed by atoms with Crippen LogP contribution in [0.1, 0.15) is 0 Å². The first kappa shape index (κ1) is 13.3. The Balaban J connectivity index is 1.80. The van der Waals surface area contributed by atoms with Crippen LogP contribution in [0.5, 0.6) is 5.75 Å². The van der Waals surface area contributed by atoms with Gasteiger partial charge in [0.2, 0.25) is 0 Å². The molecule has 5 heteroatoms. The molecule has 0 spiro atoms. The van der Waals surface area contributed by atoms with Crippen molar-refractivity contribution >= 4 is 5.69 Å². The molecule has 0 aliphatic rings. The number of hydrogen-bond acceptors (Lipinski definition) is 2. The van der Waals surface area contributed by atoms with E-state index in [1.807, 2.05) is 0 Å². The summed E-state index contributed by atoms with van der Waals surface area (Å²) in [5, 5.41) is 2.72. The number of halogens is 3. The second-order valence-corrected chi connectivity index (χ2v) is 3.85. The van der Waals surface area contributed by atoms with Crippen molar-refractivity contribution in [2.24, 2.45) is 0 Å². The SMILES string of the molecule is Fc1ccc(OCCNc2cc(F)ccc2F)cc1. The molecule has 2 aromatic carbocycles. The van der Waals surface area contributed by atoms with Crippen molar-refractivity contribution in [3.8, 4) is 5.75 Å². The Morgan fingerprint density at radius 1 is 0.895 bits per heavy atom. The van der Waals surface area contributed by atoms with Gasteiger partial charge >= 0.3 is 0 Å². The largest absolute Gasteiger partial charge is 0.492 e. The smallest absolute Gasteiger partial charge is 0.146 e. The van der Waals surface area contributed by atoms with Crippen molar-refractivity contribution in [1.82, 2.24) is 0 Å². The number of rotatable bonds is 5. The lowest BCUT2D eigenvalue weighted by Gasteiger charge is -2.09. The molecule has 0 saturated carbocycles. The van der Waals surface area contributed by atoms with Crippen molar-refractivity contribution in [2.45, 2.75) is 0 Å². The molecule has 0 fully saturated rings. The number of anilines is 1. The molecule has 0 saturated heterocycles. The zero-order valence-electron chi connectivity index (χ0n) is 10.00. The van der Waals surface area contributed by atoms with E-state index in [1.165, 1.54) is 24.3 Å². The number of ether oxygens (including phenoxy) is 1. The lowest BCUT2D eigenvalue weighted by atomic mass is 10.3. The van der Waals surface area contributed by atoms with Crippen LogP contribution in [0.25, 0.3) is 0 Å². The molecule has 0 bridgehead atoms. The molecule has 1 N–H and O–H groups in total.